The normalized spacial score (nSPS) is 11.7. The monoisotopic (exact) mass is 250 g/mol. The Balaban J connectivity index is 2.22. The average molecular weight is 250 g/mol. The first-order chi connectivity index (χ1) is 9.22. The van der Waals surface area contributed by atoms with Crippen LogP contribution in [0.5, 0.6) is 5.75 Å². The van der Waals surface area contributed by atoms with Gasteiger partial charge in [0.05, 0.1) is 0 Å². The highest BCUT2D eigenvalue weighted by molar-refractivity contribution is 6.22. The molecule has 0 unspecified atom stereocenters. The van der Waals surface area contributed by atoms with Crippen molar-refractivity contribution in [3.05, 3.63) is 66.2 Å². The van der Waals surface area contributed by atoms with Crippen molar-refractivity contribution in [3.8, 4) is 16.9 Å². The Bertz CT molecular complexity index is 714. The number of hydrogen-bond donors (Lipinski definition) is 0. The Morgan fingerprint density at radius 3 is 2.42 bits per heavy atom. The van der Waals surface area contributed by atoms with E-state index in [0.29, 0.717) is 22.4 Å². The van der Waals surface area contributed by atoms with Gasteiger partial charge in [-0.15, -0.1) is 0 Å². The van der Waals surface area contributed by atoms with Gasteiger partial charge in [-0.25, -0.2) is 4.79 Å². The number of hydrogen-bond acceptors (Lipinski definition) is 3. The maximum absolute atomic E-state index is 12.2. The zero-order valence-electron chi connectivity index (χ0n) is 10.1. The van der Waals surface area contributed by atoms with Crippen LogP contribution in [-0.4, -0.2) is 11.8 Å². The molecule has 0 radical (unpaired) electrons. The van der Waals surface area contributed by atoms with Crippen LogP contribution in [-0.2, 0) is 4.79 Å². The molecule has 19 heavy (non-hydrogen) atoms. The van der Waals surface area contributed by atoms with Crippen LogP contribution in [0.15, 0.2) is 55.1 Å². The van der Waals surface area contributed by atoms with Crippen molar-refractivity contribution in [2.24, 2.45) is 0 Å². The molecule has 0 aliphatic heterocycles. The fraction of sp³-hybridized carbons (Fsp3) is 0. The summed E-state index contributed by atoms with van der Waals surface area (Å²) in [5.41, 5.74) is 2.68. The molecule has 0 amide bonds. The summed E-state index contributed by atoms with van der Waals surface area (Å²) < 4.78 is 5.20. The van der Waals surface area contributed by atoms with Gasteiger partial charge < -0.3 is 4.74 Å². The highest BCUT2D eigenvalue weighted by Crippen LogP contribution is 2.42. The third-order valence-electron chi connectivity index (χ3n) is 3.09. The molecule has 2 aromatic carbocycles. The molecule has 2 aromatic rings. The molecule has 0 aromatic heterocycles. The molecule has 0 saturated heterocycles. The molecule has 92 valence electrons. The van der Waals surface area contributed by atoms with E-state index >= 15 is 0 Å². The van der Waals surface area contributed by atoms with E-state index < -0.39 is 5.97 Å². The van der Waals surface area contributed by atoms with Crippen LogP contribution in [0.4, 0.5) is 0 Å². The first-order valence-corrected chi connectivity index (χ1v) is 5.83. The molecule has 0 N–H and O–H groups in total. The van der Waals surface area contributed by atoms with Crippen molar-refractivity contribution in [1.82, 2.24) is 0 Å². The van der Waals surface area contributed by atoms with E-state index in [-0.39, 0.29) is 5.78 Å². The maximum Gasteiger partial charge on any atom is 0.335 e. The smallest absolute Gasteiger partial charge is 0.335 e. The van der Waals surface area contributed by atoms with Crippen molar-refractivity contribution in [2.45, 2.75) is 0 Å². The predicted octanol–water partition coefficient (Wildman–Crippen LogP) is 2.99. The van der Waals surface area contributed by atoms with Gasteiger partial charge in [-0.2, -0.15) is 0 Å². The summed E-state index contributed by atoms with van der Waals surface area (Å²) in [6, 6.07) is 12.4. The van der Waals surface area contributed by atoms with Crippen molar-refractivity contribution in [2.75, 3.05) is 0 Å². The summed E-state index contributed by atoms with van der Waals surface area (Å²) in [6.45, 7) is 3.37. The molecule has 1 aliphatic rings. The van der Waals surface area contributed by atoms with Crippen molar-refractivity contribution < 1.29 is 14.3 Å². The fourth-order valence-corrected chi connectivity index (χ4v) is 2.28. The van der Waals surface area contributed by atoms with E-state index in [1.807, 2.05) is 18.2 Å². The summed E-state index contributed by atoms with van der Waals surface area (Å²) in [4.78, 5) is 23.6. The minimum Gasteiger partial charge on any atom is -0.423 e. The van der Waals surface area contributed by atoms with Crippen LogP contribution in [0.25, 0.3) is 11.1 Å². The lowest BCUT2D eigenvalue weighted by molar-refractivity contribution is -0.128. The number of rotatable bonds is 2. The molecule has 1 aliphatic carbocycles. The third-order valence-corrected chi connectivity index (χ3v) is 3.09. The molecular weight excluding hydrogens is 240 g/mol. The molecule has 0 atom stereocenters. The summed E-state index contributed by atoms with van der Waals surface area (Å²) >= 11 is 0. The molecule has 3 nitrogen and oxygen atoms in total. The summed E-state index contributed by atoms with van der Waals surface area (Å²) in [5.74, 6) is -0.187. The molecule has 0 saturated carbocycles. The largest absolute Gasteiger partial charge is 0.423 e. The average Bonchev–Trinajstić information content (AvgIpc) is 2.74. The van der Waals surface area contributed by atoms with Crippen LogP contribution >= 0.6 is 0 Å². The number of benzene rings is 2. The van der Waals surface area contributed by atoms with Crippen LogP contribution in [0.3, 0.4) is 0 Å². The Morgan fingerprint density at radius 1 is 1.00 bits per heavy atom. The lowest BCUT2D eigenvalue weighted by Gasteiger charge is -2.07. The second-order valence-corrected chi connectivity index (χ2v) is 4.18. The molecule has 0 heterocycles. The second kappa shape index (κ2) is 4.21. The second-order valence-electron chi connectivity index (χ2n) is 4.18. The summed E-state index contributed by atoms with van der Waals surface area (Å²) in [5, 5.41) is 0. The lowest BCUT2D eigenvalue weighted by atomic mass is 10.1. The summed E-state index contributed by atoms with van der Waals surface area (Å²) in [6.07, 6.45) is 1.10. The van der Waals surface area contributed by atoms with Crippen LogP contribution < -0.4 is 4.74 Å². The molecule has 0 bridgehead atoms. The van der Waals surface area contributed by atoms with Gasteiger partial charge in [-0.3, -0.25) is 4.79 Å². The lowest BCUT2D eigenvalue weighted by Crippen LogP contribution is -2.04. The molecular formula is C16H10O3. The molecule has 3 heteroatoms. The number of carbonyl (C=O) groups is 2. The van der Waals surface area contributed by atoms with Gasteiger partial charge in [0, 0.05) is 22.8 Å². The number of fused-ring (bicyclic) bond motifs is 3. The van der Waals surface area contributed by atoms with Crippen molar-refractivity contribution in [3.63, 3.8) is 0 Å². The van der Waals surface area contributed by atoms with Gasteiger partial charge in [0.15, 0.2) is 5.78 Å². The van der Waals surface area contributed by atoms with Gasteiger partial charge in [0.2, 0.25) is 0 Å². The quantitative estimate of drug-likeness (QED) is 0.399. The zero-order chi connectivity index (χ0) is 13.4. The molecule has 3 rings (SSSR count). The molecule has 0 fully saturated rings. The number of ether oxygens (including phenoxy) is 1. The predicted molar refractivity (Wildman–Crippen MR) is 71.1 cm³/mol. The van der Waals surface area contributed by atoms with Gasteiger partial charge in [-0.1, -0.05) is 43.0 Å². The van der Waals surface area contributed by atoms with Crippen LogP contribution in [0.1, 0.15) is 15.9 Å². The Labute approximate surface area is 110 Å². The Kier molecular flexibility index (Phi) is 2.53. The van der Waals surface area contributed by atoms with E-state index in [9.17, 15) is 9.59 Å². The Hall–Kier alpha value is -2.68. The number of ketones is 1. The summed E-state index contributed by atoms with van der Waals surface area (Å²) in [7, 11) is 0. The molecule has 0 spiro atoms. The minimum absolute atomic E-state index is 0.0397. The van der Waals surface area contributed by atoms with E-state index in [1.54, 1.807) is 24.3 Å². The first kappa shape index (κ1) is 11.4. The minimum atomic E-state index is -0.537. The van der Waals surface area contributed by atoms with E-state index in [1.165, 1.54) is 0 Å². The van der Waals surface area contributed by atoms with Gasteiger partial charge in [0.25, 0.3) is 0 Å². The Morgan fingerprint density at radius 2 is 1.68 bits per heavy atom. The van der Waals surface area contributed by atoms with E-state index in [4.69, 9.17) is 4.74 Å². The fourth-order valence-electron chi connectivity index (χ4n) is 2.28. The van der Waals surface area contributed by atoms with Gasteiger partial charge >= 0.3 is 5.97 Å². The third kappa shape index (κ3) is 1.67. The van der Waals surface area contributed by atoms with E-state index in [0.717, 1.165) is 11.6 Å². The van der Waals surface area contributed by atoms with Crippen molar-refractivity contribution in [1.29, 1.82) is 0 Å². The van der Waals surface area contributed by atoms with Gasteiger partial charge in [0.1, 0.15) is 5.75 Å². The standard InChI is InChI=1S/C16H10O3/c1-2-14(17)19-13-9-5-8-12-15(13)10-6-3-4-7-11(10)16(12)18/h2-9H,1H2. The van der Waals surface area contributed by atoms with Crippen LogP contribution in [0.2, 0.25) is 0 Å². The highest BCUT2D eigenvalue weighted by Gasteiger charge is 2.29. The SMILES string of the molecule is C=CC(=O)Oc1cccc2c1-c1ccccc1C2=O. The van der Waals surface area contributed by atoms with Crippen molar-refractivity contribution >= 4 is 11.8 Å². The maximum atomic E-state index is 12.2. The number of esters is 1. The number of carbonyl (C=O) groups excluding carboxylic acids is 2. The zero-order valence-corrected chi connectivity index (χ0v) is 10.1. The van der Waals surface area contributed by atoms with Crippen LogP contribution in [0, 0.1) is 0 Å². The van der Waals surface area contributed by atoms with Gasteiger partial charge in [-0.05, 0) is 11.6 Å². The van der Waals surface area contributed by atoms with E-state index in [2.05, 4.69) is 6.58 Å². The highest BCUT2D eigenvalue weighted by atomic mass is 16.5. The topological polar surface area (TPSA) is 43.4 Å². The first-order valence-electron chi connectivity index (χ1n) is 5.83.